The summed E-state index contributed by atoms with van der Waals surface area (Å²) in [4.78, 5) is 19.8. The zero-order chi connectivity index (χ0) is 20.1. The lowest BCUT2D eigenvalue weighted by molar-refractivity contribution is -0.115. The summed E-state index contributed by atoms with van der Waals surface area (Å²) in [7, 11) is 1.59. The van der Waals surface area contributed by atoms with Crippen molar-refractivity contribution in [2.75, 3.05) is 12.4 Å². The van der Waals surface area contributed by atoms with Gasteiger partial charge in [0, 0.05) is 41.2 Å². The maximum atomic E-state index is 12.6. The zero-order valence-corrected chi connectivity index (χ0v) is 16.0. The van der Waals surface area contributed by atoms with Gasteiger partial charge in [-0.25, -0.2) is 0 Å². The molecule has 2 N–H and O–H groups in total. The normalized spacial score (nSPS) is 10.7. The molecule has 6 heteroatoms. The standard InChI is InChI=1S/C23H21N3O3/c1-28-21-7-6-18(13-22(21)29-15-16-8-10-24-11-9-16)26-23(27)12-17-14-25-20-5-3-2-4-19(17)20/h2-11,13-14,25H,12,15H2,1H3,(H,26,27). The number of aromatic amines is 1. The maximum Gasteiger partial charge on any atom is 0.228 e. The van der Waals surface area contributed by atoms with Crippen LogP contribution in [0.25, 0.3) is 10.9 Å². The van der Waals surface area contributed by atoms with Crippen LogP contribution in [-0.2, 0) is 17.8 Å². The lowest BCUT2D eigenvalue weighted by Gasteiger charge is -2.13. The van der Waals surface area contributed by atoms with Gasteiger partial charge in [-0.2, -0.15) is 0 Å². The van der Waals surface area contributed by atoms with Gasteiger partial charge >= 0.3 is 0 Å². The number of rotatable bonds is 7. The predicted molar refractivity (Wildman–Crippen MR) is 112 cm³/mol. The van der Waals surface area contributed by atoms with Gasteiger partial charge < -0.3 is 19.8 Å². The second kappa shape index (κ2) is 8.48. The summed E-state index contributed by atoms with van der Waals surface area (Å²) >= 11 is 0. The SMILES string of the molecule is COc1ccc(NC(=O)Cc2c[nH]c3ccccc23)cc1OCc1ccncc1. The van der Waals surface area contributed by atoms with Crippen molar-refractivity contribution < 1.29 is 14.3 Å². The molecule has 0 saturated heterocycles. The molecule has 0 saturated carbocycles. The monoisotopic (exact) mass is 387 g/mol. The molecule has 4 rings (SSSR count). The van der Waals surface area contributed by atoms with Crippen molar-refractivity contribution in [1.82, 2.24) is 9.97 Å². The Morgan fingerprint density at radius 2 is 1.90 bits per heavy atom. The third-order valence-corrected chi connectivity index (χ3v) is 4.62. The van der Waals surface area contributed by atoms with Gasteiger partial charge in [0.15, 0.2) is 11.5 Å². The Kier molecular flexibility index (Phi) is 5.42. The molecule has 1 amide bonds. The van der Waals surface area contributed by atoms with E-state index in [0.717, 1.165) is 22.0 Å². The number of pyridine rings is 1. The Balaban J connectivity index is 1.46. The molecule has 29 heavy (non-hydrogen) atoms. The minimum atomic E-state index is -0.0972. The third kappa shape index (κ3) is 4.38. The molecule has 0 spiro atoms. The quantitative estimate of drug-likeness (QED) is 0.495. The van der Waals surface area contributed by atoms with Crippen molar-refractivity contribution in [3.63, 3.8) is 0 Å². The Morgan fingerprint density at radius 1 is 1.07 bits per heavy atom. The number of H-pyrrole nitrogens is 1. The fraction of sp³-hybridized carbons (Fsp3) is 0.130. The van der Waals surface area contributed by atoms with E-state index in [0.29, 0.717) is 23.8 Å². The maximum absolute atomic E-state index is 12.6. The third-order valence-electron chi connectivity index (χ3n) is 4.62. The van der Waals surface area contributed by atoms with Crippen molar-refractivity contribution in [1.29, 1.82) is 0 Å². The van der Waals surface area contributed by atoms with Crippen LogP contribution in [0.3, 0.4) is 0 Å². The number of aromatic nitrogens is 2. The van der Waals surface area contributed by atoms with E-state index in [2.05, 4.69) is 15.3 Å². The largest absolute Gasteiger partial charge is 0.493 e. The summed E-state index contributed by atoms with van der Waals surface area (Å²) in [6.45, 7) is 0.381. The average Bonchev–Trinajstić information content (AvgIpc) is 3.16. The van der Waals surface area contributed by atoms with E-state index < -0.39 is 0 Å². The Hall–Kier alpha value is -3.80. The Labute approximate surface area is 168 Å². The molecule has 2 aromatic heterocycles. The molecule has 6 nitrogen and oxygen atoms in total. The van der Waals surface area contributed by atoms with E-state index in [9.17, 15) is 4.79 Å². The average molecular weight is 387 g/mol. The number of benzene rings is 2. The minimum Gasteiger partial charge on any atom is -0.493 e. The fourth-order valence-electron chi connectivity index (χ4n) is 3.16. The first-order valence-corrected chi connectivity index (χ1v) is 9.27. The summed E-state index contributed by atoms with van der Waals surface area (Å²) in [5, 5.41) is 3.99. The van der Waals surface area contributed by atoms with Crippen LogP contribution < -0.4 is 14.8 Å². The number of ether oxygens (including phenoxy) is 2. The first-order valence-electron chi connectivity index (χ1n) is 9.27. The van der Waals surface area contributed by atoms with Gasteiger partial charge in [0.1, 0.15) is 6.61 Å². The van der Waals surface area contributed by atoms with Crippen LogP contribution in [0.5, 0.6) is 11.5 Å². The summed E-state index contributed by atoms with van der Waals surface area (Å²) in [5.41, 5.74) is 3.63. The molecule has 0 fully saturated rings. The summed E-state index contributed by atoms with van der Waals surface area (Å²) in [6, 6.07) is 17.1. The molecule has 0 aliphatic carbocycles. The fourth-order valence-corrected chi connectivity index (χ4v) is 3.16. The smallest absolute Gasteiger partial charge is 0.228 e. The number of fused-ring (bicyclic) bond motifs is 1. The number of carbonyl (C=O) groups is 1. The van der Waals surface area contributed by atoms with Crippen LogP contribution in [0.2, 0.25) is 0 Å². The van der Waals surface area contributed by atoms with Gasteiger partial charge in [0.2, 0.25) is 5.91 Å². The minimum absolute atomic E-state index is 0.0972. The van der Waals surface area contributed by atoms with Crippen LogP contribution in [0.1, 0.15) is 11.1 Å². The molecule has 0 aliphatic heterocycles. The van der Waals surface area contributed by atoms with E-state index >= 15 is 0 Å². The number of carbonyl (C=O) groups excluding carboxylic acids is 1. The molecule has 0 aliphatic rings. The highest BCUT2D eigenvalue weighted by Gasteiger charge is 2.11. The predicted octanol–water partition coefficient (Wildman–Crippen LogP) is 4.33. The van der Waals surface area contributed by atoms with Gasteiger partial charge in [-0.1, -0.05) is 18.2 Å². The van der Waals surface area contributed by atoms with E-state index in [1.807, 2.05) is 42.6 Å². The Bertz CT molecular complexity index is 1120. The number of hydrogen-bond donors (Lipinski definition) is 2. The molecule has 2 heterocycles. The highest BCUT2D eigenvalue weighted by Crippen LogP contribution is 2.31. The van der Waals surface area contributed by atoms with Gasteiger partial charge in [0.05, 0.1) is 13.5 Å². The molecular weight excluding hydrogens is 366 g/mol. The van der Waals surface area contributed by atoms with Crippen molar-refractivity contribution in [2.24, 2.45) is 0 Å². The number of anilines is 1. The molecule has 0 unspecified atom stereocenters. The second-order valence-corrected chi connectivity index (χ2v) is 6.59. The van der Waals surface area contributed by atoms with E-state index in [4.69, 9.17) is 9.47 Å². The Morgan fingerprint density at radius 3 is 2.72 bits per heavy atom. The van der Waals surface area contributed by atoms with Crippen LogP contribution >= 0.6 is 0 Å². The number of methoxy groups -OCH3 is 1. The van der Waals surface area contributed by atoms with Crippen LogP contribution in [0, 0.1) is 0 Å². The van der Waals surface area contributed by atoms with Crippen molar-refractivity contribution in [2.45, 2.75) is 13.0 Å². The van der Waals surface area contributed by atoms with E-state index in [1.165, 1.54) is 0 Å². The number of amides is 1. The van der Waals surface area contributed by atoms with Gasteiger partial charge in [-0.15, -0.1) is 0 Å². The van der Waals surface area contributed by atoms with Gasteiger partial charge in [-0.05, 0) is 41.5 Å². The topological polar surface area (TPSA) is 76.2 Å². The van der Waals surface area contributed by atoms with E-state index in [-0.39, 0.29) is 12.3 Å². The van der Waals surface area contributed by atoms with Crippen LogP contribution in [-0.4, -0.2) is 23.0 Å². The van der Waals surface area contributed by atoms with Crippen molar-refractivity contribution in [3.05, 3.63) is 84.3 Å². The molecule has 2 aromatic carbocycles. The van der Waals surface area contributed by atoms with Crippen molar-refractivity contribution >= 4 is 22.5 Å². The van der Waals surface area contributed by atoms with Gasteiger partial charge in [0.25, 0.3) is 0 Å². The lowest BCUT2D eigenvalue weighted by Crippen LogP contribution is -2.14. The number of nitrogens with one attached hydrogen (secondary N) is 2. The highest BCUT2D eigenvalue weighted by atomic mass is 16.5. The molecule has 4 aromatic rings. The van der Waals surface area contributed by atoms with Gasteiger partial charge in [-0.3, -0.25) is 9.78 Å². The second-order valence-electron chi connectivity index (χ2n) is 6.59. The molecular formula is C23H21N3O3. The number of hydrogen-bond acceptors (Lipinski definition) is 4. The van der Waals surface area contributed by atoms with Crippen molar-refractivity contribution in [3.8, 4) is 11.5 Å². The number of para-hydroxylation sites is 1. The first kappa shape index (κ1) is 18.6. The lowest BCUT2D eigenvalue weighted by atomic mass is 10.1. The molecule has 0 bridgehead atoms. The van der Waals surface area contributed by atoms with E-state index in [1.54, 1.807) is 37.7 Å². The van der Waals surface area contributed by atoms with Crippen LogP contribution in [0.4, 0.5) is 5.69 Å². The molecule has 0 atom stereocenters. The first-order chi connectivity index (χ1) is 14.2. The highest BCUT2D eigenvalue weighted by molar-refractivity contribution is 5.96. The summed E-state index contributed by atoms with van der Waals surface area (Å²) in [5.74, 6) is 1.07. The summed E-state index contributed by atoms with van der Waals surface area (Å²) in [6.07, 6.45) is 5.60. The zero-order valence-electron chi connectivity index (χ0n) is 16.0. The molecule has 146 valence electrons. The molecule has 0 radical (unpaired) electrons. The summed E-state index contributed by atoms with van der Waals surface area (Å²) < 4.78 is 11.3. The van der Waals surface area contributed by atoms with Crippen LogP contribution in [0.15, 0.2) is 73.2 Å². The number of nitrogens with zero attached hydrogens (tertiary/aromatic N) is 1.